The highest BCUT2D eigenvalue weighted by atomic mass is 79.9. The van der Waals surface area contributed by atoms with Crippen LogP contribution in [0.3, 0.4) is 0 Å². The maximum absolute atomic E-state index is 5.04. The van der Waals surface area contributed by atoms with Crippen LogP contribution in [0, 0.1) is 6.92 Å². The average molecular weight is 204 g/mol. The highest BCUT2D eigenvalue weighted by Gasteiger charge is 2.07. The Morgan fingerprint density at radius 3 is 2.60 bits per heavy atom. The van der Waals surface area contributed by atoms with Crippen molar-refractivity contribution in [2.75, 3.05) is 0 Å². The second-order valence-corrected chi connectivity index (χ2v) is 2.73. The van der Waals surface area contributed by atoms with Gasteiger partial charge in [-0.3, -0.25) is 0 Å². The molecule has 1 heterocycles. The van der Waals surface area contributed by atoms with E-state index in [9.17, 15) is 0 Å². The summed E-state index contributed by atoms with van der Waals surface area (Å²) < 4.78 is 5.04. The molecule has 0 spiro atoms. The van der Waals surface area contributed by atoms with Crippen molar-refractivity contribution in [1.82, 2.24) is 5.16 Å². The van der Waals surface area contributed by atoms with Crippen LogP contribution in [0.25, 0.3) is 0 Å². The lowest BCUT2D eigenvalue weighted by atomic mass is 10.2. The van der Waals surface area contributed by atoms with Gasteiger partial charge < -0.3 is 4.52 Å². The Bertz CT molecular complexity index is 198. The van der Waals surface area contributed by atoms with Gasteiger partial charge >= 0.3 is 0 Å². The molecule has 0 fully saturated rings. The van der Waals surface area contributed by atoms with Crippen LogP contribution >= 0.6 is 15.9 Å². The van der Waals surface area contributed by atoms with Gasteiger partial charge in [-0.2, -0.15) is 0 Å². The van der Waals surface area contributed by atoms with E-state index in [1.54, 1.807) is 0 Å². The third kappa shape index (κ3) is 1.24. The molecule has 0 amide bonds. The van der Waals surface area contributed by atoms with Crippen molar-refractivity contribution in [3.05, 3.63) is 17.0 Å². The summed E-state index contributed by atoms with van der Waals surface area (Å²) in [6.45, 7) is 4.11. The molecule has 0 unspecified atom stereocenters. The molecule has 0 saturated heterocycles. The van der Waals surface area contributed by atoms with E-state index >= 15 is 0 Å². The van der Waals surface area contributed by atoms with Crippen LogP contribution in [-0.4, -0.2) is 5.16 Å². The molecule has 0 aliphatic heterocycles. The van der Waals surface area contributed by atoms with Gasteiger partial charge in [-0.05, 0) is 13.3 Å². The molecule has 56 valence electrons. The van der Waals surface area contributed by atoms with E-state index in [2.05, 4.69) is 28.0 Å². The van der Waals surface area contributed by atoms with Crippen LogP contribution in [0.1, 0.15) is 23.9 Å². The quantitative estimate of drug-likeness (QED) is 0.691. The first-order chi connectivity index (χ1) is 4.79. The van der Waals surface area contributed by atoms with Gasteiger partial charge in [0.2, 0.25) is 0 Å². The largest absolute Gasteiger partial charge is 0.360 e. The number of nitrogens with zero attached hydrogens (tertiary/aromatic N) is 1. The summed E-state index contributed by atoms with van der Waals surface area (Å²) >= 11 is 3.32. The van der Waals surface area contributed by atoms with Crippen molar-refractivity contribution in [2.24, 2.45) is 0 Å². The first-order valence-corrected chi connectivity index (χ1v) is 4.41. The Kier molecular flexibility index (Phi) is 2.49. The summed E-state index contributed by atoms with van der Waals surface area (Å²) in [5, 5.41) is 4.66. The Hall–Kier alpha value is -0.310. The summed E-state index contributed by atoms with van der Waals surface area (Å²) in [4.78, 5) is 0. The van der Waals surface area contributed by atoms with Crippen LogP contribution in [0.4, 0.5) is 0 Å². The third-order valence-electron chi connectivity index (χ3n) is 1.57. The molecule has 3 heteroatoms. The van der Waals surface area contributed by atoms with Gasteiger partial charge in [0.15, 0.2) is 0 Å². The number of aromatic nitrogens is 1. The molecule has 0 atom stereocenters. The summed E-state index contributed by atoms with van der Waals surface area (Å²) in [6.07, 6.45) is 0.947. The highest BCUT2D eigenvalue weighted by molar-refractivity contribution is 9.08. The molecule has 2 nitrogen and oxygen atoms in total. The van der Waals surface area contributed by atoms with E-state index in [1.165, 1.54) is 5.56 Å². The van der Waals surface area contributed by atoms with E-state index in [-0.39, 0.29) is 0 Å². The first-order valence-electron chi connectivity index (χ1n) is 3.29. The normalized spacial score (nSPS) is 10.3. The average Bonchev–Trinajstić information content (AvgIpc) is 2.30. The van der Waals surface area contributed by atoms with Gasteiger partial charge in [-0.15, -0.1) is 0 Å². The molecule has 0 aliphatic carbocycles. The molecule has 0 radical (unpaired) electrons. The Labute approximate surface area is 68.7 Å². The number of halogens is 1. The zero-order valence-corrected chi connectivity index (χ0v) is 7.73. The minimum absolute atomic E-state index is 0.756. The molecule has 1 aromatic rings. The lowest BCUT2D eigenvalue weighted by Gasteiger charge is -1.88. The van der Waals surface area contributed by atoms with Crippen molar-refractivity contribution in [1.29, 1.82) is 0 Å². The van der Waals surface area contributed by atoms with Crippen molar-refractivity contribution < 1.29 is 4.52 Å². The summed E-state index contributed by atoms with van der Waals surface area (Å²) in [6, 6.07) is 0. The SMILES string of the molecule is CCc1noc(CBr)c1C. The zero-order chi connectivity index (χ0) is 7.56. The Morgan fingerprint density at radius 2 is 2.30 bits per heavy atom. The third-order valence-corrected chi connectivity index (χ3v) is 2.08. The number of rotatable bonds is 2. The molecule has 0 aromatic carbocycles. The minimum atomic E-state index is 0.756. The molecule has 0 saturated carbocycles. The minimum Gasteiger partial charge on any atom is -0.360 e. The second kappa shape index (κ2) is 3.19. The molecule has 1 aromatic heterocycles. The maximum atomic E-state index is 5.04. The molecular formula is C7H10BrNO. The molecule has 0 aliphatic rings. The van der Waals surface area contributed by atoms with Crippen molar-refractivity contribution in [3.63, 3.8) is 0 Å². The number of alkyl halides is 1. The standard InChI is InChI=1S/C7H10BrNO/c1-3-6-5(2)7(4-8)10-9-6/h3-4H2,1-2H3. The highest BCUT2D eigenvalue weighted by Crippen LogP contribution is 2.15. The van der Waals surface area contributed by atoms with Gasteiger partial charge in [0.1, 0.15) is 5.76 Å². The van der Waals surface area contributed by atoms with E-state index in [4.69, 9.17) is 4.52 Å². The van der Waals surface area contributed by atoms with Crippen LogP contribution in [0.15, 0.2) is 4.52 Å². The number of hydrogen-bond acceptors (Lipinski definition) is 2. The molecule has 0 N–H and O–H groups in total. The van der Waals surface area contributed by atoms with E-state index < -0.39 is 0 Å². The molecular weight excluding hydrogens is 194 g/mol. The van der Waals surface area contributed by atoms with Gasteiger partial charge in [0, 0.05) is 5.56 Å². The van der Waals surface area contributed by atoms with Crippen molar-refractivity contribution in [2.45, 2.75) is 25.6 Å². The van der Waals surface area contributed by atoms with Crippen molar-refractivity contribution >= 4 is 15.9 Å². The predicted molar refractivity (Wildman–Crippen MR) is 43.2 cm³/mol. The fourth-order valence-electron chi connectivity index (χ4n) is 0.862. The van der Waals surface area contributed by atoms with Crippen LogP contribution in [-0.2, 0) is 11.8 Å². The van der Waals surface area contributed by atoms with Gasteiger partial charge in [-0.1, -0.05) is 28.0 Å². The fourth-order valence-corrected chi connectivity index (χ4v) is 1.39. The lowest BCUT2D eigenvalue weighted by Crippen LogP contribution is -1.83. The van der Waals surface area contributed by atoms with Gasteiger partial charge in [-0.25, -0.2) is 0 Å². The molecule has 10 heavy (non-hydrogen) atoms. The lowest BCUT2D eigenvalue weighted by molar-refractivity contribution is 0.389. The van der Waals surface area contributed by atoms with Crippen molar-refractivity contribution in [3.8, 4) is 0 Å². The van der Waals surface area contributed by atoms with Gasteiger partial charge in [0.05, 0.1) is 11.0 Å². The topological polar surface area (TPSA) is 26.0 Å². The van der Waals surface area contributed by atoms with Crippen LogP contribution in [0.2, 0.25) is 0 Å². The van der Waals surface area contributed by atoms with Gasteiger partial charge in [0.25, 0.3) is 0 Å². The smallest absolute Gasteiger partial charge is 0.150 e. The summed E-state index contributed by atoms with van der Waals surface area (Å²) in [5.41, 5.74) is 2.24. The molecule has 0 bridgehead atoms. The number of aryl methyl sites for hydroxylation is 1. The second-order valence-electron chi connectivity index (χ2n) is 2.16. The first kappa shape index (κ1) is 7.79. The summed E-state index contributed by atoms with van der Waals surface area (Å²) in [7, 11) is 0. The Balaban J connectivity index is 2.97. The Morgan fingerprint density at radius 1 is 1.60 bits per heavy atom. The van der Waals surface area contributed by atoms with E-state index in [0.717, 1.165) is 23.2 Å². The van der Waals surface area contributed by atoms with E-state index in [0.29, 0.717) is 0 Å². The van der Waals surface area contributed by atoms with Crippen LogP contribution in [0.5, 0.6) is 0 Å². The predicted octanol–water partition coefficient (Wildman–Crippen LogP) is 2.44. The maximum Gasteiger partial charge on any atom is 0.150 e. The molecule has 1 rings (SSSR count). The summed E-state index contributed by atoms with van der Waals surface area (Å²) in [5.74, 6) is 0.942. The monoisotopic (exact) mass is 203 g/mol. The number of hydrogen-bond donors (Lipinski definition) is 0. The van der Waals surface area contributed by atoms with E-state index in [1.807, 2.05) is 6.92 Å². The fraction of sp³-hybridized carbons (Fsp3) is 0.571. The zero-order valence-electron chi connectivity index (χ0n) is 6.15. The van der Waals surface area contributed by atoms with Crippen LogP contribution < -0.4 is 0 Å².